The molecular weight excluding hydrogens is 326 g/mol. The standard InChI is InChI=1S/C17H20ClN5O/c18-14-3-1-2-4-16(14)23-11-15(20-21-23)17(24)22-7-5-12-9-19-10-13(12)6-8-22/h1-4,11-13,19H,5-10H2/t12-,13+. The van der Waals surface area contributed by atoms with Gasteiger partial charge in [-0.05, 0) is 49.9 Å². The van der Waals surface area contributed by atoms with Crippen LogP contribution >= 0.6 is 11.6 Å². The molecule has 0 bridgehead atoms. The van der Waals surface area contributed by atoms with Crippen molar-refractivity contribution in [3.05, 3.63) is 41.2 Å². The first kappa shape index (κ1) is 15.6. The molecule has 7 heteroatoms. The maximum Gasteiger partial charge on any atom is 0.276 e. The van der Waals surface area contributed by atoms with Crippen molar-refractivity contribution in [2.75, 3.05) is 26.2 Å². The summed E-state index contributed by atoms with van der Waals surface area (Å²) in [5, 5.41) is 12.2. The Hall–Kier alpha value is -1.92. The Bertz CT molecular complexity index is 732. The maximum atomic E-state index is 12.8. The number of amides is 1. The third-order valence-electron chi connectivity index (χ3n) is 5.12. The average molecular weight is 346 g/mol. The summed E-state index contributed by atoms with van der Waals surface area (Å²) in [6.45, 7) is 3.74. The lowest BCUT2D eigenvalue weighted by Crippen LogP contribution is -2.33. The molecule has 1 amide bonds. The zero-order chi connectivity index (χ0) is 16.5. The number of rotatable bonds is 2. The second-order valence-corrected chi connectivity index (χ2v) is 6.95. The van der Waals surface area contributed by atoms with Crippen LogP contribution in [0.25, 0.3) is 5.69 Å². The van der Waals surface area contributed by atoms with Gasteiger partial charge in [-0.15, -0.1) is 5.10 Å². The molecule has 2 saturated heterocycles. The van der Waals surface area contributed by atoms with Gasteiger partial charge in [-0.3, -0.25) is 4.79 Å². The summed E-state index contributed by atoms with van der Waals surface area (Å²) in [5.74, 6) is 1.35. The van der Waals surface area contributed by atoms with Crippen LogP contribution in [-0.2, 0) is 0 Å². The molecule has 0 radical (unpaired) electrons. The number of hydrogen-bond donors (Lipinski definition) is 1. The van der Waals surface area contributed by atoms with E-state index in [4.69, 9.17) is 11.6 Å². The van der Waals surface area contributed by atoms with Gasteiger partial charge in [-0.2, -0.15) is 0 Å². The Morgan fingerprint density at radius 2 is 1.88 bits per heavy atom. The first-order chi connectivity index (χ1) is 11.7. The third kappa shape index (κ3) is 2.91. The van der Waals surface area contributed by atoms with E-state index in [2.05, 4.69) is 15.6 Å². The predicted octanol–water partition coefficient (Wildman–Crippen LogP) is 1.99. The second kappa shape index (κ2) is 6.53. The molecule has 1 N–H and O–H groups in total. The molecule has 2 fully saturated rings. The zero-order valence-corrected chi connectivity index (χ0v) is 14.1. The van der Waals surface area contributed by atoms with Crippen LogP contribution in [0, 0.1) is 11.8 Å². The van der Waals surface area contributed by atoms with E-state index < -0.39 is 0 Å². The summed E-state index contributed by atoms with van der Waals surface area (Å²) >= 11 is 6.18. The number of benzene rings is 1. The van der Waals surface area contributed by atoms with E-state index in [0.717, 1.165) is 44.7 Å². The van der Waals surface area contributed by atoms with Crippen molar-refractivity contribution in [1.29, 1.82) is 0 Å². The molecule has 4 rings (SSSR count). The number of likely N-dealkylation sites (tertiary alicyclic amines) is 1. The lowest BCUT2D eigenvalue weighted by molar-refractivity contribution is 0.0752. The van der Waals surface area contributed by atoms with Crippen LogP contribution in [0.5, 0.6) is 0 Å². The largest absolute Gasteiger partial charge is 0.337 e. The number of para-hydroxylation sites is 1. The molecule has 0 spiro atoms. The van der Waals surface area contributed by atoms with Crippen LogP contribution in [-0.4, -0.2) is 52.0 Å². The smallest absolute Gasteiger partial charge is 0.276 e. The summed E-state index contributed by atoms with van der Waals surface area (Å²) < 4.78 is 1.56. The highest BCUT2D eigenvalue weighted by Crippen LogP contribution is 2.27. The van der Waals surface area contributed by atoms with Crippen molar-refractivity contribution in [2.24, 2.45) is 11.8 Å². The van der Waals surface area contributed by atoms with E-state index in [0.29, 0.717) is 22.6 Å². The molecule has 2 aliphatic rings. The van der Waals surface area contributed by atoms with Gasteiger partial charge in [0.2, 0.25) is 0 Å². The van der Waals surface area contributed by atoms with Crippen molar-refractivity contribution < 1.29 is 4.79 Å². The lowest BCUT2D eigenvalue weighted by Gasteiger charge is -2.19. The van der Waals surface area contributed by atoms with Crippen molar-refractivity contribution in [1.82, 2.24) is 25.2 Å². The predicted molar refractivity (Wildman–Crippen MR) is 91.4 cm³/mol. The van der Waals surface area contributed by atoms with Crippen LogP contribution in [0.1, 0.15) is 23.3 Å². The molecular formula is C17H20ClN5O. The Labute approximate surface area is 145 Å². The van der Waals surface area contributed by atoms with Crippen molar-refractivity contribution in [3.8, 4) is 5.69 Å². The highest BCUT2D eigenvalue weighted by Gasteiger charge is 2.32. The average Bonchev–Trinajstić information content (AvgIpc) is 3.21. The van der Waals surface area contributed by atoms with E-state index in [-0.39, 0.29) is 5.91 Å². The molecule has 24 heavy (non-hydrogen) atoms. The van der Waals surface area contributed by atoms with E-state index in [9.17, 15) is 4.79 Å². The Morgan fingerprint density at radius 3 is 2.58 bits per heavy atom. The van der Waals surface area contributed by atoms with E-state index >= 15 is 0 Å². The number of aromatic nitrogens is 3. The fraction of sp³-hybridized carbons (Fsp3) is 0.471. The number of halogens is 1. The quantitative estimate of drug-likeness (QED) is 0.904. The molecule has 3 heterocycles. The van der Waals surface area contributed by atoms with Gasteiger partial charge in [0.05, 0.1) is 16.9 Å². The summed E-state index contributed by atoms with van der Waals surface area (Å²) in [5.41, 5.74) is 1.10. The number of nitrogens with zero attached hydrogens (tertiary/aromatic N) is 4. The van der Waals surface area contributed by atoms with Crippen molar-refractivity contribution in [3.63, 3.8) is 0 Å². The van der Waals surface area contributed by atoms with E-state index in [1.165, 1.54) is 0 Å². The molecule has 126 valence electrons. The molecule has 1 aromatic heterocycles. The maximum absolute atomic E-state index is 12.8. The zero-order valence-electron chi connectivity index (χ0n) is 13.4. The number of carbonyl (C=O) groups excluding carboxylic acids is 1. The number of hydrogen-bond acceptors (Lipinski definition) is 4. The highest BCUT2D eigenvalue weighted by atomic mass is 35.5. The normalized spacial score (nSPS) is 23.8. The van der Waals surface area contributed by atoms with Gasteiger partial charge in [-0.25, -0.2) is 4.68 Å². The lowest BCUT2D eigenvalue weighted by atomic mass is 9.92. The molecule has 2 aliphatic heterocycles. The molecule has 0 unspecified atom stereocenters. The van der Waals surface area contributed by atoms with Gasteiger partial charge in [0.25, 0.3) is 5.91 Å². The topological polar surface area (TPSA) is 63.1 Å². The minimum absolute atomic E-state index is 0.0405. The van der Waals surface area contributed by atoms with Crippen molar-refractivity contribution in [2.45, 2.75) is 12.8 Å². The minimum atomic E-state index is -0.0405. The Morgan fingerprint density at radius 1 is 1.17 bits per heavy atom. The minimum Gasteiger partial charge on any atom is -0.337 e. The number of fused-ring (bicyclic) bond motifs is 1. The molecule has 2 atom stereocenters. The van der Waals surface area contributed by atoms with Gasteiger partial charge in [0, 0.05) is 13.1 Å². The summed E-state index contributed by atoms with van der Waals surface area (Å²) in [4.78, 5) is 14.7. The fourth-order valence-electron chi connectivity index (χ4n) is 3.70. The molecule has 0 saturated carbocycles. The second-order valence-electron chi connectivity index (χ2n) is 6.55. The molecule has 2 aromatic rings. The highest BCUT2D eigenvalue weighted by molar-refractivity contribution is 6.32. The van der Waals surface area contributed by atoms with Crippen molar-refractivity contribution >= 4 is 17.5 Å². The summed E-state index contributed by atoms with van der Waals surface area (Å²) in [6.07, 6.45) is 3.78. The molecule has 0 aliphatic carbocycles. The molecule has 6 nitrogen and oxygen atoms in total. The van der Waals surface area contributed by atoms with Gasteiger partial charge in [0.1, 0.15) is 0 Å². The number of nitrogens with one attached hydrogen (secondary N) is 1. The van der Waals surface area contributed by atoms with Gasteiger partial charge >= 0.3 is 0 Å². The fourth-order valence-corrected chi connectivity index (χ4v) is 3.92. The third-order valence-corrected chi connectivity index (χ3v) is 5.44. The van der Waals surface area contributed by atoms with Crippen LogP contribution in [0.3, 0.4) is 0 Å². The van der Waals surface area contributed by atoms with Gasteiger partial charge < -0.3 is 10.2 Å². The first-order valence-electron chi connectivity index (χ1n) is 8.39. The monoisotopic (exact) mass is 345 g/mol. The van der Waals surface area contributed by atoms with Crippen LogP contribution < -0.4 is 5.32 Å². The Balaban J connectivity index is 1.50. The van der Waals surface area contributed by atoms with Gasteiger partial charge in [-0.1, -0.05) is 28.9 Å². The summed E-state index contributed by atoms with van der Waals surface area (Å²) in [6, 6.07) is 7.39. The van der Waals surface area contributed by atoms with Crippen LogP contribution in [0.2, 0.25) is 5.02 Å². The SMILES string of the molecule is O=C(c1cn(-c2ccccc2Cl)nn1)N1CC[C@@H]2CNC[C@@H]2CC1. The van der Waals surface area contributed by atoms with E-state index in [1.54, 1.807) is 16.9 Å². The number of carbonyl (C=O) groups is 1. The van der Waals surface area contributed by atoms with Crippen LogP contribution in [0.4, 0.5) is 0 Å². The first-order valence-corrected chi connectivity index (χ1v) is 8.77. The van der Waals surface area contributed by atoms with Gasteiger partial charge in [0.15, 0.2) is 5.69 Å². The molecule has 1 aromatic carbocycles. The summed E-state index contributed by atoms with van der Waals surface area (Å²) in [7, 11) is 0. The van der Waals surface area contributed by atoms with E-state index in [1.807, 2.05) is 23.1 Å². The Kier molecular flexibility index (Phi) is 4.24. The van der Waals surface area contributed by atoms with Crippen LogP contribution in [0.15, 0.2) is 30.5 Å².